The number of aryl methyl sites for hydroxylation is 1. The zero-order valence-corrected chi connectivity index (χ0v) is 14.6. The highest BCUT2D eigenvalue weighted by Crippen LogP contribution is 2.25. The van der Waals surface area contributed by atoms with Crippen LogP contribution in [0.25, 0.3) is 0 Å². The van der Waals surface area contributed by atoms with Gasteiger partial charge in [0.05, 0.1) is 19.4 Å². The van der Waals surface area contributed by atoms with E-state index in [1.54, 1.807) is 14.2 Å². The van der Waals surface area contributed by atoms with E-state index < -0.39 is 6.04 Å². The van der Waals surface area contributed by atoms with Crippen molar-refractivity contribution in [1.82, 2.24) is 0 Å². The van der Waals surface area contributed by atoms with Crippen LogP contribution >= 0.6 is 0 Å². The third-order valence-corrected chi connectivity index (χ3v) is 3.63. The van der Waals surface area contributed by atoms with Crippen molar-refractivity contribution < 1.29 is 14.3 Å². The summed E-state index contributed by atoms with van der Waals surface area (Å²) < 4.78 is 10.4. The Hall–Kier alpha value is -2.53. The smallest absolute Gasteiger partial charge is 0.246 e. The van der Waals surface area contributed by atoms with Crippen LogP contribution in [-0.4, -0.2) is 26.2 Å². The average molecular weight is 328 g/mol. The van der Waals surface area contributed by atoms with Crippen molar-refractivity contribution in [1.29, 1.82) is 0 Å². The summed E-state index contributed by atoms with van der Waals surface area (Å²) in [5.74, 6) is 0.513. The SMILES string of the molecule is COCc1cccc(N[C@@H](C)C(=O)Nc2cc(C)ccc2OC)c1. The Bertz CT molecular complexity index is 701. The Labute approximate surface area is 143 Å². The summed E-state index contributed by atoms with van der Waals surface area (Å²) in [7, 11) is 3.24. The van der Waals surface area contributed by atoms with Crippen LogP contribution in [0, 0.1) is 6.92 Å². The topological polar surface area (TPSA) is 59.6 Å². The van der Waals surface area contributed by atoms with E-state index in [1.807, 2.05) is 56.3 Å². The lowest BCUT2D eigenvalue weighted by Gasteiger charge is -2.17. The molecule has 0 fully saturated rings. The Morgan fingerprint density at radius 2 is 1.96 bits per heavy atom. The van der Waals surface area contributed by atoms with Crippen LogP contribution in [-0.2, 0) is 16.1 Å². The number of methoxy groups -OCH3 is 2. The number of nitrogens with one attached hydrogen (secondary N) is 2. The van der Waals surface area contributed by atoms with Gasteiger partial charge in [-0.2, -0.15) is 0 Å². The minimum atomic E-state index is -0.395. The number of carbonyl (C=O) groups excluding carboxylic acids is 1. The average Bonchev–Trinajstić information content (AvgIpc) is 2.55. The number of carbonyl (C=O) groups is 1. The molecule has 0 aliphatic rings. The lowest BCUT2D eigenvalue weighted by Crippen LogP contribution is -2.32. The molecule has 2 aromatic rings. The molecule has 2 rings (SSSR count). The highest BCUT2D eigenvalue weighted by Gasteiger charge is 2.15. The first-order valence-corrected chi connectivity index (χ1v) is 7.83. The van der Waals surface area contributed by atoms with Gasteiger partial charge in [0, 0.05) is 12.8 Å². The third kappa shape index (κ3) is 4.73. The fourth-order valence-corrected chi connectivity index (χ4v) is 2.39. The fraction of sp³-hybridized carbons (Fsp3) is 0.316. The molecule has 1 atom stereocenters. The summed E-state index contributed by atoms with van der Waals surface area (Å²) in [5.41, 5.74) is 3.65. The maximum Gasteiger partial charge on any atom is 0.246 e. The first-order valence-electron chi connectivity index (χ1n) is 7.83. The lowest BCUT2D eigenvalue weighted by atomic mass is 10.1. The Kier molecular flexibility index (Phi) is 6.21. The number of benzene rings is 2. The van der Waals surface area contributed by atoms with Crippen molar-refractivity contribution in [3.05, 3.63) is 53.6 Å². The molecule has 0 spiro atoms. The van der Waals surface area contributed by atoms with Gasteiger partial charge >= 0.3 is 0 Å². The molecule has 24 heavy (non-hydrogen) atoms. The summed E-state index contributed by atoms with van der Waals surface area (Å²) in [6, 6.07) is 13.1. The van der Waals surface area contributed by atoms with Gasteiger partial charge in [-0.05, 0) is 49.2 Å². The van der Waals surface area contributed by atoms with Gasteiger partial charge in [0.25, 0.3) is 0 Å². The summed E-state index contributed by atoms with van der Waals surface area (Å²) in [5, 5.41) is 6.12. The van der Waals surface area contributed by atoms with E-state index in [-0.39, 0.29) is 5.91 Å². The summed E-state index contributed by atoms with van der Waals surface area (Å²) in [6.45, 7) is 4.33. The van der Waals surface area contributed by atoms with E-state index in [0.29, 0.717) is 18.0 Å². The highest BCUT2D eigenvalue weighted by atomic mass is 16.5. The number of hydrogen-bond acceptors (Lipinski definition) is 4. The molecular weight excluding hydrogens is 304 g/mol. The quantitative estimate of drug-likeness (QED) is 0.815. The number of ether oxygens (including phenoxy) is 2. The first kappa shape index (κ1) is 17.8. The van der Waals surface area contributed by atoms with Gasteiger partial charge < -0.3 is 20.1 Å². The minimum Gasteiger partial charge on any atom is -0.495 e. The van der Waals surface area contributed by atoms with Gasteiger partial charge in [-0.3, -0.25) is 4.79 Å². The molecule has 0 saturated heterocycles. The van der Waals surface area contributed by atoms with Crippen LogP contribution in [0.4, 0.5) is 11.4 Å². The van der Waals surface area contributed by atoms with Gasteiger partial charge in [0.15, 0.2) is 0 Å². The second-order valence-electron chi connectivity index (χ2n) is 5.69. The van der Waals surface area contributed by atoms with E-state index in [9.17, 15) is 4.79 Å². The second kappa shape index (κ2) is 8.36. The minimum absolute atomic E-state index is 0.129. The van der Waals surface area contributed by atoms with E-state index in [1.165, 1.54) is 0 Å². The molecule has 0 aromatic heterocycles. The summed E-state index contributed by atoms with van der Waals surface area (Å²) in [6.07, 6.45) is 0. The molecule has 0 saturated carbocycles. The second-order valence-corrected chi connectivity index (χ2v) is 5.69. The molecule has 2 aromatic carbocycles. The molecule has 0 aliphatic heterocycles. The monoisotopic (exact) mass is 328 g/mol. The number of rotatable bonds is 7. The van der Waals surface area contributed by atoms with Crippen molar-refractivity contribution in [2.45, 2.75) is 26.5 Å². The molecule has 0 aliphatic carbocycles. The fourth-order valence-electron chi connectivity index (χ4n) is 2.39. The van der Waals surface area contributed by atoms with Crippen molar-refractivity contribution >= 4 is 17.3 Å². The number of hydrogen-bond donors (Lipinski definition) is 2. The van der Waals surface area contributed by atoms with Crippen molar-refractivity contribution in [2.24, 2.45) is 0 Å². The van der Waals surface area contributed by atoms with Crippen LogP contribution in [0.15, 0.2) is 42.5 Å². The predicted octanol–water partition coefficient (Wildman–Crippen LogP) is 3.59. The molecule has 1 amide bonds. The van der Waals surface area contributed by atoms with Gasteiger partial charge in [0.2, 0.25) is 5.91 Å². The van der Waals surface area contributed by atoms with Crippen molar-refractivity contribution in [3.8, 4) is 5.75 Å². The van der Waals surface area contributed by atoms with E-state index in [0.717, 1.165) is 16.8 Å². The van der Waals surface area contributed by atoms with Crippen molar-refractivity contribution in [2.75, 3.05) is 24.9 Å². The normalized spacial score (nSPS) is 11.7. The third-order valence-electron chi connectivity index (χ3n) is 3.63. The lowest BCUT2D eigenvalue weighted by molar-refractivity contribution is -0.116. The first-order chi connectivity index (χ1) is 11.5. The van der Waals surface area contributed by atoms with E-state index in [2.05, 4.69) is 10.6 Å². The molecule has 2 N–H and O–H groups in total. The number of anilines is 2. The molecule has 128 valence electrons. The van der Waals surface area contributed by atoms with Gasteiger partial charge in [0.1, 0.15) is 11.8 Å². The summed E-state index contributed by atoms with van der Waals surface area (Å²) >= 11 is 0. The zero-order chi connectivity index (χ0) is 17.5. The maximum absolute atomic E-state index is 12.5. The molecule has 5 nitrogen and oxygen atoms in total. The van der Waals surface area contributed by atoms with Gasteiger partial charge in [-0.15, -0.1) is 0 Å². The van der Waals surface area contributed by atoms with Crippen LogP contribution in [0.5, 0.6) is 5.75 Å². The molecule has 0 unspecified atom stereocenters. The van der Waals surface area contributed by atoms with Crippen LogP contribution < -0.4 is 15.4 Å². The number of amides is 1. The van der Waals surface area contributed by atoms with Crippen LogP contribution in [0.1, 0.15) is 18.1 Å². The maximum atomic E-state index is 12.5. The molecule has 0 heterocycles. The molecule has 5 heteroatoms. The Morgan fingerprint density at radius 3 is 2.67 bits per heavy atom. The van der Waals surface area contributed by atoms with Gasteiger partial charge in [-0.1, -0.05) is 18.2 Å². The van der Waals surface area contributed by atoms with Gasteiger partial charge in [-0.25, -0.2) is 0 Å². The van der Waals surface area contributed by atoms with E-state index >= 15 is 0 Å². The molecular formula is C19H24N2O3. The Morgan fingerprint density at radius 1 is 1.17 bits per heavy atom. The molecule has 0 radical (unpaired) electrons. The standard InChI is InChI=1S/C19H24N2O3/c1-13-8-9-18(24-4)17(10-13)21-19(22)14(2)20-16-7-5-6-15(11-16)12-23-3/h5-11,14,20H,12H2,1-4H3,(H,21,22)/t14-/m0/s1. The largest absolute Gasteiger partial charge is 0.495 e. The zero-order valence-electron chi connectivity index (χ0n) is 14.6. The summed E-state index contributed by atoms with van der Waals surface area (Å²) in [4.78, 5) is 12.5. The van der Waals surface area contributed by atoms with Crippen molar-refractivity contribution in [3.63, 3.8) is 0 Å². The molecule has 0 bridgehead atoms. The highest BCUT2D eigenvalue weighted by molar-refractivity contribution is 5.97. The van der Waals surface area contributed by atoms with Crippen LogP contribution in [0.3, 0.4) is 0 Å². The Balaban J connectivity index is 2.05. The van der Waals surface area contributed by atoms with E-state index in [4.69, 9.17) is 9.47 Å². The van der Waals surface area contributed by atoms with Crippen LogP contribution in [0.2, 0.25) is 0 Å². The predicted molar refractivity (Wildman–Crippen MR) is 96.6 cm³/mol.